The number of hydrogen-bond donors (Lipinski definition) is 2. The summed E-state index contributed by atoms with van der Waals surface area (Å²) in [4.78, 5) is 0. The topological polar surface area (TPSA) is 38.0 Å². The summed E-state index contributed by atoms with van der Waals surface area (Å²) in [5.74, 6) is 0.774. The second kappa shape index (κ2) is 6.53. The van der Waals surface area contributed by atoms with Crippen molar-refractivity contribution in [3.63, 3.8) is 0 Å². The van der Waals surface area contributed by atoms with Crippen molar-refractivity contribution in [1.82, 2.24) is 0 Å². The molecule has 0 saturated carbocycles. The van der Waals surface area contributed by atoms with Gasteiger partial charge in [0.2, 0.25) is 0 Å². The number of anilines is 2. The number of hydrogen-bond acceptors (Lipinski definition) is 2. The van der Waals surface area contributed by atoms with Crippen LogP contribution in [0.1, 0.15) is 46.1 Å². The first-order valence-corrected chi connectivity index (χ1v) is 6.67. The van der Waals surface area contributed by atoms with Gasteiger partial charge in [-0.15, -0.1) is 0 Å². The van der Waals surface area contributed by atoms with Gasteiger partial charge in [0.05, 0.1) is 0 Å². The lowest BCUT2D eigenvalue weighted by atomic mass is 10.0. The summed E-state index contributed by atoms with van der Waals surface area (Å²) in [7, 11) is 0. The molecule has 2 nitrogen and oxygen atoms in total. The number of rotatable bonds is 6. The van der Waals surface area contributed by atoms with Gasteiger partial charge >= 0.3 is 0 Å². The van der Waals surface area contributed by atoms with Crippen molar-refractivity contribution < 1.29 is 0 Å². The molecule has 0 spiro atoms. The normalized spacial score (nSPS) is 12.8. The van der Waals surface area contributed by atoms with Gasteiger partial charge in [-0.05, 0) is 55.9 Å². The fourth-order valence-electron chi connectivity index (χ4n) is 1.97. The van der Waals surface area contributed by atoms with Gasteiger partial charge in [-0.2, -0.15) is 0 Å². The van der Waals surface area contributed by atoms with E-state index in [-0.39, 0.29) is 0 Å². The first kappa shape index (κ1) is 13.9. The van der Waals surface area contributed by atoms with Gasteiger partial charge in [-0.3, -0.25) is 0 Å². The third-order valence-electron chi connectivity index (χ3n) is 3.09. The maximum Gasteiger partial charge on any atom is 0.0376 e. The van der Waals surface area contributed by atoms with Gasteiger partial charge in [-0.25, -0.2) is 0 Å². The first-order chi connectivity index (χ1) is 8.02. The van der Waals surface area contributed by atoms with E-state index in [4.69, 9.17) is 5.73 Å². The largest absolute Gasteiger partial charge is 0.399 e. The molecule has 17 heavy (non-hydrogen) atoms. The van der Waals surface area contributed by atoms with E-state index in [1.807, 2.05) is 6.07 Å². The number of nitrogens with one attached hydrogen (secondary N) is 1. The standard InChI is InChI=1S/C15H26N2/c1-5-13-10-14(16)8-9-15(13)17-12(4)7-6-11(2)3/h8-12,17H,5-7,16H2,1-4H3. The van der Waals surface area contributed by atoms with Crippen LogP contribution in [0, 0.1) is 5.92 Å². The lowest BCUT2D eigenvalue weighted by molar-refractivity contribution is 0.527. The van der Waals surface area contributed by atoms with Crippen molar-refractivity contribution in [3.8, 4) is 0 Å². The highest BCUT2D eigenvalue weighted by Gasteiger charge is 2.06. The summed E-state index contributed by atoms with van der Waals surface area (Å²) in [6.45, 7) is 8.96. The van der Waals surface area contributed by atoms with Crippen LogP contribution in [0.5, 0.6) is 0 Å². The van der Waals surface area contributed by atoms with Gasteiger partial charge in [0.1, 0.15) is 0 Å². The monoisotopic (exact) mass is 234 g/mol. The molecular weight excluding hydrogens is 208 g/mol. The summed E-state index contributed by atoms with van der Waals surface area (Å²) in [5.41, 5.74) is 9.19. The molecule has 0 bridgehead atoms. The lowest BCUT2D eigenvalue weighted by Gasteiger charge is -2.19. The molecule has 1 aromatic rings. The van der Waals surface area contributed by atoms with Crippen LogP contribution >= 0.6 is 0 Å². The lowest BCUT2D eigenvalue weighted by Crippen LogP contribution is -2.17. The molecule has 2 heteroatoms. The van der Waals surface area contributed by atoms with Crippen LogP contribution in [0.2, 0.25) is 0 Å². The second-order valence-corrected chi connectivity index (χ2v) is 5.29. The van der Waals surface area contributed by atoms with Gasteiger partial charge in [-0.1, -0.05) is 20.8 Å². The van der Waals surface area contributed by atoms with Crippen molar-refractivity contribution in [3.05, 3.63) is 23.8 Å². The minimum absolute atomic E-state index is 0.520. The van der Waals surface area contributed by atoms with E-state index in [1.165, 1.54) is 24.1 Å². The minimum atomic E-state index is 0.520. The average Bonchev–Trinajstić information content (AvgIpc) is 2.28. The van der Waals surface area contributed by atoms with Crippen LogP contribution in [0.15, 0.2) is 18.2 Å². The molecule has 0 aliphatic carbocycles. The van der Waals surface area contributed by atoms with E-state index < -0.39 is 0 Å². The Morgan fingerprint density at radius 1 is 1.18 bits per heavy atom. The Morgan fingerprint density at radius 3 is 2.47 bits per heavy atom. The van der Waals surface area contributed by atoms with E-state index in [1.54, 1.807) is 0 Å². The van der Waals surface area contributed by atoms with Crippen molar-refractivity contribution in [1.29, 1.82) is 0 Å². The Morgan fingerprint density at radius 2 is 1.88 bits per heavy atom. The minimum Gasteiger partial charge on any atom is -0.399 e. The smallest absolute Gasteiger partial charge is 0.0376 e. The molecule has 1 atom stereocenters. The van der Waals surface area contributed by atoms with Crippen LogP contribution in [-0.2, 0) is 6.42 Å². The molecule has 3 N–H and O–H groups in total. The summed E-state index contributed by atoms with van der Waals surface area (Å²) >= 11 is 0. The summed E-state index contributed by atoms with van der Waals surface area (Å²) < 4.78 is 0. The molecule has 1 rings (SSSR count). The molecule has 0 amide bonds. The Balaban J connectivity index is 2.61. The highest BCUT2D eigenvalue weighted by Crippen LogP contribution is 2.21. The summed E-state index contributed by atoms with van der Waals surface area (Å²) in [6.07, 6.45) is 3.50. The number of nitrogens with two attached hydrogens (primary N) is 1. The highest BCUT2D eigenvalue weighted by molar-refractivity contribution is 5.58. The quantitative estimate of drug-likeness (QED) is 0.728. The van der Waals surface area contributed by atoms with Crippen molar-refractivity contribution >= 4 is 11.4 Å². The van der Waals surface area contributed by atoms with Crippen molar-refractivity contribution in [2.75, 3.05) is 11.1 Å². The Labute approximate surface area is 106 Å². The average molecular weight is 234 g/mol. The predicted octanol–water partition coefficient (Wildman–Crippen LogP) is 4.07. The van der Waals surface area contributed by atoms with Crippen LogP contribution in [0.3, 0.4) is 0 Å². The van der Waals surface area contributed by atoms with E-state index in [0.29, 0.717) is 6.04 Å². The molecular formula is C15H26N2. The van der Waals surface area contributed by atoms with Crippen molar-refractivity contribution in [2.45, 2.75) is 53.0 Å². The molecule has 0 aliphatic rings. The number of benzene rings is 1. The van der Waals surface area contributed by atoms with Crippen LogP contribution < -0.4 is 11.1 Å². The molecule has 0 fully saturated rings. The highest BCUT2D eigenvalue weighted by atomic mass is 14.9. The molecule has 0 aliphatic heterocycles. The Bertz CT molecular complexity index is 345. The fraction of sp³-hybridized carbons (Fsp3) is 0.600. The zero-order valence-corrected chi connectivity index (χ0v) is 11.6. The van der Waals surface area contributed by atoms with E-state index in [2.05, 4.69) is 45.1 Å². The van der Waals surface area contributed by atoms with Crippen LogP contribution in [0.4, 0.5) is 11.4 Å². The van der Waals surface area contributed by atoms with E-state index in [9.17, 15) is 0 Å². The van der Waals surface area contributed by atoms with Gasteiger partial charge < -0.3 is 11.1 Å². The maximum absolute atomic E-state index is 5.80. The fourth-order valence-corrected chi connectivity index (χ4v) is 1.97. The predicted molar refractivity (Wildman–Crippen MR) is 77.4 cm³/mol. The summed E-state index contributed by atoms with van der Waals surface area (Å²) in [6, 6.07) is 6.65. The zero-order valence-electron chi connectivity index (χ0n) is 11.6. The number of nitrogen functional groups attached to an aromatic ring is 1. The molecule has 0 saturated heterocycles. The SMILES string of the molecule is CCc1cc(N)ccc1NC(C)CCC(C)C. The van der Waals surface area contributed by atoms with Gasteiger partial charge in [0, 0.05) is 17.4 Å². The van der Waals surface area contributed by atoms with E-state index in [0.717, 1.165) is 18.0 Å². The number of aryl methyl sites for hydroxylation is 1. The summed E-state index contributed by atoms with van der Waals surface area (Å²) in [5, 5.41) is 3.59. The van der Waals surface area contributed by atoms with E-state index >= 15 is 0 Å². The molecule has 1 aromatic carbocycles. The van der Waals surface area contributed by atoms with Crippen molar-refractivity contribution in [2.24, 2.45) is 5.92 Å². The first-order valence-electron chi connectivity index (χ1n) is 6.67. The van der Waals surface area contributed by atoms with Gasteiger partial charge in [0.25, 0.3) is 0 Å². The molecule has 96 valence electrons. The molecule has 1 unspecified atom stereocenters. The molecule has 0 aromatic heterocycles. The maximum atomic E-state index is 5.80. The molecule has 0 radical (unpaired) electrons. The van der Waals surface area contributed by atoms with Crippen LogP contribution in [-0.4, -0.2) is 6.04 Å². The third-order valence-corrected chi connectivity index (χ3v) is 3.09. The zero-order chi connectivity index (χ0) is 12.8. The Kier molecular flexibility index (Phi) is 5.33. The van der Waals surface area contributed by atoms with Crippen LogP contribution in [0.25, 0.3) is 0 Å². The van der Waals surface area contributed by atoms with Gasteiger partial charge in [0.15, 0.2) is 0 Å². The second-order valence-electron chi connectivity index (χ2n) is 5.29. The molecule has 0 heterocycles. The third kappa shape index (κ3) is 4.68. The Hall–Kier alpha value is -1.18.